The van der Waals surface area contributed by atoms with Gasteiger partial charge in [0.15, 0.2) is 0 Å². The number of anilines is 1. The quantitative estimate of drug-likeness (QED) is 0.418. The van der Waals surface area contributed by atoms with Crippen molar-refractivity contribution in [2.75, 3.05) is 10.7 Å². The number of fused-ring (bicyclic) bond motifs is 1. The number of nitrogens with zero attached hydrogens (tertiary/aromatic N) is 1. The number of hydrogen-bond acceptors (Lipinski definition) is 2. The number of nitrogen functional groups attached to an aromatic ring is 1. The van der Waals surface area contributed by atoms with Gasteiger partial charge < -0.3 is 5.73 Å². The second kappa shape index (κ2) is 13.2. The summed E-state index contributed by atoms with van der Waals surface area (Å²) < 4.78 is 0. The van der Waals surface area contributed by atoms with Gasteiger partial charge in [0.2, 0.25) is 0 Å². The molecule has 1 aromatic heterocycles. The van der Waals surface area contributed by atoms with Gasteiger partial charge in [0.1, 0.15) is 0 Å². The van der Waals surface area contributed by atoms with Gasteiger partial charge in [0.25, 0.3) is 0 Å². The number of halogens is 1. The molecule has 0 unspecified atom stereocenters. The molecule has 0 bridgehead atoms. The van der Waals surface area contributed by atoms with Crippen LogP contribution in [0.3, 0.4) is 0 Å². The SMILES string of the molecule is CC.CC.CI.Nc1cccc2cccnc12. The molecule has 0 atom stereocenters. The Balaban J connectivity index is 0. The predicted octanol–water partition coefficient (Wildman–Crippen LogP) is 4.92. The maximum Gasteiger partial charge on any atom is 0.0931 e. The molecule has 2 nitrogen and oxygen atoms in total. The molecule has 1 aromatic carbocycles. The molecular formula is C14H23IN2. The number of alkyl halides is 1. The van der Waals surface area contributed by atoms with E-state index in [0.29, 0.717) is 0 Å². The summed E-state index contributed by atoms with van der Waals surface area (Å²) in [6.07, 6.45) is 1.75. The van der Waals surface area contributed by atoms with Crippen LogP contribution in [-0.2, 0) is 0 Å². The number of aromatic nitrogens is 1. The summed E-state index contributed by atoms with van der Waals surface area (Å²) in [4.78, 5) is 6.13. The van der Waals surface area contributed by atoms with E-state index in [1.807, 2.05) is 63.0 Å². The van der Waals surface area contributed by atoms with Crippen LogP contribution in [0.5, 0.6) is 0 Å². The molecule has 2 N–H and O–H groups in total. The molecule has 2 rings (SSSR count). The number of para-hydroxylation sites is 1. The summed E-state index contributed by atoms with van der Waals surface area (Å²) >= 11 is 2.15. The highest BCUT2D eigenvalue weighted by Gasteiger charge is 1.94. The van der Waals surface area contributed by atoms with Crippen LogP contribution >= 0.6 is 22.6 Å². The third-order valence-corrected chi connectivity index (χ3v) is 1.66. The van der Waals surface area contributed by atoms with Gasteiger partial charge in [-0.25, -0.2) is 0 Å². The first-order valence-electron chi connectivity index (χ1n) is 5.85. The van der Waals surface area contributed by atoms with E-state index in [1.54, 1.807) is 6.20 Å². The van der Waals surface area contributed by atoms with Gasteiger partial charge in [-0.15, -0.1) is 0 Å². The van der Waals surface area contributed by atoms with Gasteiger partial charge in [-0.3, -0.25) is 4.98 Å². The number of nitrogens with two attached hydrogens (primary N) is 1. The Morgan fingerprint density at radius 2 is 1.47 bits per heavy atom. The van der Waals surface area contributed by atoms with Gasteiger partial charge in [0, 0.05) is 11.6 Å². The zero-order valence-corrected chi connectivity index (χ0v) is 13.5. The molecule has 17 heavy (non-hydrogen) atoms. The predicted molar refractivity (Wildman–Crippen MR) is 88.8 cm³/mol. The van der Waals surface area contributed by atoms with Gasteiger partial charge in [-0.2, -0.15) is 0 Å². The Kier molecular flexibility index (Phi) is 14.4. The zero-order chi connectivity index (χ0) is 13.7. The summed E-state index contributed by atoms with van der Waals surface area (Å²) in [6.45, 7) is 8.00. The highest BCUT2D eigenvalue weighted by molar-refractivity contribution is 14.1. The lowest BCUT2D eigenvalue weighted by atomic mass is 10.2. The minimum atomic E-state index is 0.739. The largest absolute Gasteiger partial charge is 0.397 e. The first-order chi connectivity index (χ1) is 8.38. The van der Waals surface area contributed by atoms with Crippen LogP contribution in [-0.4, -0.2) is 9.91 Å². The second-order valence-corrected chi connectivity index (χ2v) is 2.42. The van der Waals surface area contributed by atoms with Crippen LogP contribution < -0.4 is 5.73 Å². The third kappa shape index (κ3) is 6.46. The lowest BCUT2D eigenvalue weighted by Gasteiger charge is -1.97. The Labute approximate surface area is 119 Å². The smallest absolute Gasteiger partial charge is 0.0931 e. The summed E-state index contributed by atoms with van der Waals surface area (Å²) in [7, 11) is 0. The van der Waals surface area contributed by atoms with Crippen molar-refractivity contribution in [3.8, 4) is 0 Å². The Morgan fingerprint density at radius 3 is 2.00 bits per heavy atom. The fraction of sp³-hybridized carbons (Fsp3) is 0.357. The average Bonchev–Trinajstić information content (AvgIpc) is 2.46. The molecule has 0 amide bonds. The van der Waals surface area contributed by atoms with Crippen LogP contribution in [0.4, 0.5) is 5.69 Å². The summed E-state index contributed by atoms with van der Waals surface area (Å²) in [5.74, 6) is 0. The molecule has 0 saturated carbocycles. The van der Waals surface area contributed by atoms with Gasteiger partial charge >= 0.3 is 0 Å². The molecule has 3 heteroatoms. The molecule has 1 heterocycles. The number of pyridine rings is 1. The van der Waals surface area contributed by atoms with E-state index < -0.39 is 0 Å². The molecular weight excluding hydrogens is 323 g/mol. The van der Waals surface area contributed by atoms with Gasteiger partial charge in [0.05, 0.1) is 11.2 Å². The third-order valence-electron chi connectivity index (χ3n) is 1.66. The molecule has 0 aliphatic heterocycles. The summed E-state index contributed by atoms with van der Waals surface area (Å²) in [5, 5.41) is 1.09. The standard InChI is InChI=1S/C9H8N2.2C2H6.CH3I/c10-8-5-1-3-7-4-2-6-11-9(7)8;3*1-2/h1-6H,10H2;2*1-2H3;1H3. The van der Waals surface area contributed by atoms with Gasteiger partial charge in [-0.1, -0.05) is 68.5 Å². The minimum Gasteiger partial charge on any atom is -0.397 e. The molecule has 0 fully saturated rings. The van der Waals surface area contributed by atoms with Crippen molar-refractivity contribution in [1.29, 1.82) is 0 Å². The highest BCUT2D eigenvalue weighted by atomic mass is 127. The Hall–Kier alpha value is -0.840. The van der Waals surface area contributed by atoms with Crippen LogP contribution in [0.25, 0.3) is 10.9 Å². The van der Waals surface area contributed by atoms with E-state index in [1.165, 1.54) is 0 Å². The summed E-state index contributed by atoms with van der Waals surface area (Å²) in [5.41, 5.74) is 7.32. The minimum absolute atomic E-state index is 0.739. The van der Waals surface area contributed by atoms with Crippen molar-refractivity contribution in [3.05, 3.63) is 36.5 Å². The Morgan fingerprint density at radius 1 is 0.941 bits per heavy atom. The normalized spacial score (nSPS) is 7.65. The van der Waals surface area contributed by atoms with E-state index in [4.69, 9.17) is 5.73 Å². The maximum atomic E-state index is 5.69. The van der Waals surface area contributed by atoms with E-state index in [2.05, 4.69) is 27.6 Å². The molecule has 0 aliphatic carbocycles. The van der Waals surface area contributed by atoms with Crippen molar-refractivity contribution in [1.82, 2.24) is 4.98 Å². The molecule has 96 valence electrons. The van der Waals surface area contributed by atoms with E-state index in [9.17, 15) is 0 Å². The van der Waals surface area contributed by atoms with Crippen molar-refractivity contribution >= 4 is 39.2 Å². The lowest BCUT2D eigenvalue weighted by Crippen LogP contribution is -1.87. The fourth-order valence-electron chi connectivity index (χ4n) is 1.13. The number of rotatable bonds is 0. The molecule has 0 saturated heterocycles. The fourth-order valence-corrected chi connectivity index (χ4v) is 1.13. The maximum absolute atomic E-state index is 5.69. The van der Waals surface area contributed by atoms with Crippen LogP contribution in [0.2, 0.25) is 0 Å². The van der Waals surface area contributed by atoms with Crippen LogP contribution in [0, 0.1) is 0 Å². The van der Waals surface area contributed by atoms with Crippen molar-refractivity contribution in [2.45, 2.75) is 27.7 Å². The zero-order valence-electron chi connectivity index (χ0n) is 11.4. The number of hydrogen-bond donors (Lipinski definition) is 1. The first kappa shape index (κ1) is 18.5. The second-order valence-electron chi connectivity index (χ2n) is 2.42. The lowest BCUT2D eigenvalue weighted by molar-refractivity contribution is 1.41. The van der Waals surface area contributed by atoms with Crippen LogP contribution in [0.1, 0.15) is 27.7 Å². The first-order valence-corrected chi connectivity index (χ1v) is 8.01. The van der Waals surface area contributed by atoms with E-state index >= 15 is 0 Å². The topological polar surface area (TPSA) is 38.9 Å². The van der Waals surface area contributed by atoms with Crippen LogP contribution in [0.15, 0.2) is 36.5 Å². The monoisotopic (exact) mass is 346 g/mol. The highest BCUT2D eigenvalue weighted by Crippen LogP contribution is 2.16. The molecule has 0 radical (unpaired) electrons. The summed E-state index contributed by atoms with van der Waals surface area (Å²) in [6, 6.07) is 9.69. The number of benzene rings is 1. The van der Waals surface area contributed by atoms with Crippen molar-refractivity contribution < 1.29 is 0 Å². The van der Waals surface area contributed by atoms with Crippen molar-refractivity contribution in [2.24, 2.45) is 0 Å². The molecule has 2 aromatic rings. The molecule has 0 aliphatic rings. The van der Waals surface area contributed by atoms with E-state index in [0.717, 1.165) is 16.6 Å². The van der Waals surface area contributed by atoms with Gasteiger partial charge in [-0.05, 0) is 17.1 Å². The average molecular weight is 346 g/mol. The molecule has 0 spiro atoms. The van der Waals surface area contributed by atoms with E-state index in [-0.39, 0.29) is 0 Å². The van der Waals surface area contributed by atoms with Crippen molar-refractivity contribution in [3.63, 3.8) is 0 Å². The Bertz CT molecular complexity index is 383.